The Morgan fingerprint density at radius 1 is 1.13 bits per heavy atom. The van der Waals surface area contributed by atoms with E-state index in [2.05, 4.69) is 26.6 Å². The molecule has 0 bridgehead atoms. The van der Waals surface area contributed by atoms with Gasteiger partial charge in [-0.15, -0.1) is 10.2 Å². The number of carbonyl (C=O) groups excluding carboxylic acids is 1. The largest absolute Gasteiger partial charge is 0.300 e. The Hall–Kier alpha value is -2.60. The lowest BCUT2D eigenvalue weighted by atomic mass is 10.0. The summed E-state index contributed by atoms with van der Waals surface area (Å²) in [6.07, 6.45) is 3.51. The summed E-state index contributed by atoms with van der Waals surface area (Å²) >= 11 is 1.34. The summed E-state index contributed by atoms with van der Waals surface area (Å²) in [7, 11) is 0. The fourth-order valence-corrected chi connectivity index (χ4v) is 3.61. The first-order chi connectivity index (χ1) is 11.3. The van der Waals surface area contributed by atoms with Crippen LogP contribution in [-0.2, 0) is 11.2 Å². The standard InChI is InChI=1S/C17H14N4OS/c22-15(13-9-8-11-5-1-2-6-12(11)13)19-17-21-20-16(23-17)14-7-3-4-10-18-14/h1-7,10,13H,8-9H2,(H,19,21,22). The minimum absolute atomic E-state index is 0.0151. The molecule has 1 aliphatic rings. The first kappa shape index (κ1) is 14.0. The number of rotatable bonds is 3. The van der Waals surface area contributed by atoms with Crippen LogP contribution in [0, 0.1) is 0 Å². The van der Waals surface area contributed by atoms with Gasteiger partial charge in [0.25, 0.3) is 0 Å². The Bertz CT molecular complexity index is 847. The third-order valence-electron chi connectivity index (χ3n) is 3.99. The van der Waals surface area contributed by atoms with Crippen LogP contribution in [0.1, 0.15) is 23.5 Å². The fourth-order valence-electron chi connectivity index (χ4n) is 2.89. The Labute approximate surface area is 137 Å². The normalized spacial score (nSPS) is 16.1. The summed E-state index contributed by atoms with van der Waals surface area (Å²) in [5.41, 5.74) is 3.15. The number of aryl methyl sites for hydroxylation is 1. The summed E-state index contributed by atoms with van der Waals surface area (Å²) in [5, 5.41) is 12.3. The number of hydrogen-bond acceptors (Lipinski definition) is 5. The summed E-state index contributed by atoms with van der Waals surface area (Å²) in [6.45, 7) is 0. The van der Waals surface area contributed by atoms with Crippen molar-refractivity contribution in [2.45, 2.75) is 18.8 Å². The number of anilines is 1. The van der Waals surface area contributed by atoms with Crippen LogP contribution in [0.25, 0.3) is 10.7 Å². The third-order valence-corrected chi connectivity index (χ3v) is 4.85. The summed E-state index contributed by atoms with van der Waals surface area (Å²) < 4.78 is 0. The van der Waals surface area contributed by atoms with E-state index >= 15 is 0 Å². The molecule has 2 heterocycles. The summed E-state index contributed by atoms with van der Waals surface area (Å²) in [6, 6.07) is 13.7. The predicted molar refractivity (Wildman–Crippen MR) is 89.3 cm³/mol. The maximum absolute atomic E-state index is 12.5. The summed E-state index contributed by atoms with van der Waals surface area (Å²) in [5.74, 6) is -0.118. The molecule has 0 spiro atoms. The molecule has 0 radical (unpaired) electrons. The van der Waals surface area contributed by atoms with E-state index in [4.69, 9.17) is 0 Å². The highest BCUT2D eigenvalue weighted by Gasteiger charge is 2.28. The highest BCUT2D eigenvalue weighted by atomic mass is 32.1. The molecule has 3 aromatic rings. The molecule has 23 heavy (non-hydrogen) atoms. The van der Waals surface area contributed by atoms with Gasteiger partial charge in [-0.25, -0.2) is 0 Å². The van der Waals surface area contributed by atoms with Gasteiger partial charge in [-0.05, 0) is 36.1 Å². The van der Waals surface area contributed by atoms with E-state index in [-0.39, 0.29) is 11.8 Å². The second-order valence-electron chi connectivity index (χ2n) is 5.41. The average Bonchev–Trinajstić information content (AvgIpc) is 3.22. The van der Waals surface area contributed by atoms with Gasteiger partial charge in [-0.2, -0.15) is 0 Å². The monoisotopic (exact) mass is 322 g/mol. The van der Waals surface area contributed by atoms with E-state index in [1.54, 1.807) is 6.20 Å². The van der Waals surface area contributed by atoms with E-state index in [1.165, 1.54) is 16.9 Å². The molecule has 4 rings (SSSR count). The molecule has 6 heteroatoms. The fraction of sp³-hybridized carbons (Fsp3) is 0.176. The quantitative estimate of drug-likeness (QED) is 0.803. The van der Waals surface area contributed by atoms with Crippen molar-refractivity contribution in [3.8, 4) is 10.7 Å². The zero-order valence-electron chi connectivity index (χ0n) is 12.3. The maximum atomic E-state index is 12.5. The van der Waals surface area contributed by atoms with E-state index in [1.807, 2.05) is 36.4 Å². The number of carbonyl (C=O) groups is 1. The van der Waals surface area contributed by atoms with Gasteiger partial charge in [0.1, 0.15) is 5.69 Å². The van der Waals surface area contributed by atoms with Crippen molar-refractivity contribution in [2.75, 3.05) is 5.32 Å². The first-order valence-electron chi connectivity index (χ1n) is 7.45. The van der Waals surface area contributed by atoms with Gasteiger partial charge >= 0.3 is 0 Å². The van der Waals surface area contributed by atoms with E-state index < -0.39 is 0 Å². The molecular formula is C17H14N4OS. The average molecular weight is 322 g/mol. The number of pyridine rings is 1. The smallest absolute Gasteiger partial charge is 0.233 e. The molecular weight excluding hydrogens is 308 g/mol. The molecule has 0 fully saturated rings. The number of benzene rings is 1. The van der Waals surface area contributed by atoms with Crippen LogP contribution in [0.3, 0.4) is 0 Å². The topological polar surface area (TPSA) is 67.8 Å². The highest BCUT2D eigenvalue weighted by molar-refractivity contribution is 7.18. The van der Waals surface area contributed by atoms with Crippen LogP contribution in [0.4, 0.5) is 5.13 Å². The number of aromatic nitrogens is 3. The predicted octanol–water partition coefficient (Wildman–Crippen LogP) is 3.27. The lowest BCUT2D eigenvalue weighted by molar-refractivity contribution is -0.117. The van der Waals surface area contributed by atoms with Crippen molar-refractivity contribution in [1.29, 1.82) is 0 Å². The molecule has 1 atom stereocenters. The van der Waals surface area contributed by atoms with Crippen LogP contribution in [0.2, 0.25) is 0 Å². The van der Waals surface area contributed by atoms with Gasteiger partial charge in [0.2, 0.25) is 11.0 Å². The molecule has 2 aromatic heterocycles. The van der Waals surface area contributed by atoms with E-state index in [0.29, 0.717) is 10.1 Å². The number of nitrogens with one attached hydrogen (secondary N) is 1. The molecule has 0 aliphatic heterocycles. The molecule has 1 unspecified atom stereocenters. The van der Waals surface area contributed by atoms with Crippen molar-refractivity contribution in [1.82, 2.24) is 15.2 Å². The van der Waals surface area contributed by atoms with Gasteiger partial charge in [0.05, 0.1) is 5.92 Å². The van der Waals surface area contributed by atoms with Crippen LogP contribution in [0.15, 0.2) is 48.7 Å². The zero-order valence-corrected chi connectivity index (χ0v) is 13.1. The number of hydrogen-bond donors (Lipinski definition) is 1. The van der Waals surface area contributed by atoms with Crippen molar-refractivity contribution < 1.29 is 4.79 Å². The van der Waals surface area contributed by atoms with Gasteiger partial charge in [0.15, 0.2) is 5.01 Å². The second-order valence-corrected chi connectivity index (χ2v) is 6.38. The van der Waals surface area contributed by atoms with Crippen LogP contribution in [0.5, 0.6) is 0 Å². The van der Waals surface area contributed by atoms with E-state index in [9.17, 15) is 4.79 Å². The van der Waals surface area contributed by atoms with Crippen molar-refractivity contribution >= 4 is 22.4 Å². The lowest BCUT2D eigenvalue weighted by Crippen LogP contribution is -2.19. The Kier molecular flexibility index (Phi) is 3.59. The molecule has 5 nitrogen and oxygen atoms in total. The van der Waals surface area contributed by atoms with Gasteiger partial charge in [-0.3, -0.25) is 15.1 Å². The first-order valence-corrected chi connectivity index (χ1v) is 8.26. The molecule has 1 amide bonds. The SMILES string of the molecule is O=C(Nc1nnc(-c2ccccn2)s1)C1CCc2ccccc21. The maximum Gasteiger partial charge on any atom is 0.233 e. The van der Waals surface area contributed by atoms with E-state index in [0.717, 1.165) is 24.1 Å². The zero-order chi connectivity index (χ0) is 15.6. The van der Waals surface area contributed by atoms with Gasteiger partial charge < -0.3 is 0 Å². The Balaban J connectivity index is 1.51. The van der Waals surface area contributed by atoms with Crippen molar-refractivity contribution in [3.63, 3.8) is 0 Å². The molecule has 0 saturated carbocycles. The highest BCUT2D eigenvalue weighted by Crippen LogP contribution is 2.34. The number of nitrogens with zero attached hydrogens (tertiary/aromatic N) is 3. The summed E-state index contributed by atoms with van der Waals surface area (Å²) in [4.78, 5) is 16.8. The molecule has 1 aliphatic carbocycles. The van der Waals surface area contributed by atoms with Gasteiger partial charge in [0, 0.05) is 6.20 Å². The van der Waals surface area contributed by atoms with Crippen LogP contribution in [-0.4, -0.2) is 21.1 Å². The minimum Gasteiger partial charge on any atom is -0.300 e. The molecule has 0 saturated heterocycles. The lowest BCUT2D eigenvalue weighted by Gasteiger charge is -2.10. The van der Waals surface area contributed by atoms with Crippen molar-refractivity contribution in [2.24, 2.45) is 0 Å². The number of fused-ring (bicyclic) bond motifs is 1. The molecule has 1 aromatic carbocycles. The molecule has 1 N–H and O–H groups in total. The second kappa shape index (κ2) is 5.89. The Morgan fingerprint density at radius 3 is 2.87 bits per heavy atom. The number of amides is 1. The third kappa shape index (κ3) is 2.73. The minimum atomic E-state index is -0.103. The van der Waals surface area contributed by atoms with Crippen LogP contribution < -0.4 is 5.32 Å². The Morgan fingerprint density at radius 2 is 2.00 bits per heavy atom. The van der Waals surface area contributed by atoms with Gasteiger partial charge in [-0.1, -0.05) is 41.7 Å². The van der Waals surface area contributed by atoms with Crippen LogP contribution >= 0.6 is 11.3 Å². The molecule has 114 valence electrons. The van der Waals surface area contributed by atoms with Crippen molar-refractivity contribution in [3.05, 3.63) is 59.8 Å².